The molecule has 0 saturated carbocycles. The van der Waals surface area contributed by atoms with Gasteiger partial charge in [-0.3, -0.25) is 20.0 Å². The lowest BCUT2D eigenvalue weighted by Crippen LogP contribution is -2.23. The smallest absolute Gasteiger partial charge is 0.270 e. The molecule has 2 aromatic rings. The predicted octanol–water partition coefficient (Wildman–Crippen LogP) is 1.82. The number of hydrogen-bond donors (Lipinski definition) is 3. The Morgan fingerprint density at radius 1 is 1.52 bits per heavy atom. The first-order valence-corrected chi connectivity index (χ1v) is 6.49. The van der Waals surface area contributed by atoms with Crippen LogP contribution in [0.2, 0.25) is 0 Å². The molecule has 0 radical (unpaired) electrons. The quantitative estimate of drug-likeness (QED) is 0.573. The highest BCUT2D eigenvalue weighted by Gasteiger charge is 2.17. The number of aromatic nitrogens is 2. The number of benzene rings is 1. The minimum Gasteiger partial charge on any atom is -0.392 e. The van der Waals surface area contributed by atoms with Gasteiger partial charge in [-0.25, -0.2) is 0 Å². The molecule has 0 bridgehead atoms. The molecule has 21 heavy (non-hydrogen) atoms. The summed E-state index contributed by atoms with van der Waals surface area (Å²) in [6.07, 6.45) is -0.800. The van der Waals surface area contributed by atoms with E-state index in [4.69, 9.17) is 0 Å². The maximum Gasteiger partial charge on any atom is 0.270 e. The molecular formula is C13H16N4O4. The van der Waals surface area contributed by atoms with Gasteiger partial charge in [-0.15, -0.1) is 0 Å². The van der Waals surface area contributed by atoms with Gasteiger partial charge in [0.05, 0.1) is 28.4 Å². The van der Waals surface area contributed by atoms with Crippen LogP contribution >= 0.6 is 0 Å². The Labute approximate surface area is 120 Å². The second-order valence-electron chi connectivity index (χ2n) is 5.12. The average Bonchev–Trinajstić information content (AvgIpc) is 2.80. The number of aromatic amines is 1. The zero-order valence-corrected chi connectivity index (χ0v) is 11.7. The summed E-state index contributed by atoms with van der Waals surface area (Å²) >= 11 is 0. The molecule has 0 spiro atoms. The number of nitrogens with one attached hydrogen (secondary N) is 2. The van der Waals surface area contributed by atoms with Gasteiger partial charge in [0.25, 0.3) is 5.69 Å². The van der Waals surface area contributed by atoms with E-state index >= 15 is 0 Å². The summed E-state index contributed by atoms with van der Waals surface area (Å²) in [6, 6.07) is 4.22. The van der Waals surface area contributed by atoms with Crippen LogP contribution in [-0.4, -0.2) is 32.2 Å². The van der Waals surface area contributed by atoms with E-state index in [0.717, 1.165) is 0 Å². The molecule has 1 heterocycles. The number of fused-ring (bicyclic) bond motifs is 1. The van der Waals surface area contributed by atoms with E-state index in [1.165, 1.54) is 18.2 Å². The van der Waals surface area contributed by atoms with Crippen LogP contribution in [0.25, 0.3) is 10.9 Å². The topological polar surface area (TPSA) is 121 Å². The lowest BCUT2D eigenvalue weighted by Gasteiger charge is -2.13. The van der Waals surface area contributed by atoms with Crippen LogP contribution in [0.5, 0.6) is 0 Å². The first-order valence-electron chi connectivity index (χ1n) is 6.49. The van der Waals surface area contributed by atoms with Crippen molar-refractivity contribution in [2.75, 3.05) is 5.32 Å². The van der Waals surface area contributed by atoms with E-state index in [1.54, 1.807) is 0 Å². The molecule has 8 nitrogen and oxygen atoms in total. The summed E-state index contributed by atoms with van der Waals surface area (Å²) < 4.78 is 0. The van der Waals surface area contributed by atoms with Crippen LogP contribution < -0.4 is 5.32 Å². The number of H-pyrrole nitrogens is 1. The Balaban J connectivity index is 2.20. The minimum absolute atomic E-state index is 0.0345. The largest absolute Gasteiger partial charge is 0.392 e. The Bertz CT molecular complexity index is 680. The normalized spacial score (nSPS) is 12.6. The summed E-state index contributed by atoms with van der Waals surface area (Å²) in [6.45, 7) is 3.62. The summed E-state index contributed by atoms with van der Waals surface area (Å²) in [5.74, 6) is -0.210. The van der Waals surface area contributed by atoms with Crippen molar-refractivity contribution in [3.05, 3.63) is 28.3 Å². The molecule has 3 N–H and O–H groups in total. The summed E-state index contributed by atoms with van der Waals surface area (Å²) in [5, 5.41) is 30.1. The van der Waals surface area contributed by atoms with Gasteiger partial charge in [-0.1, -0.05) is 13.8 Å². The maximum atomic E-state index is 11.8. The lowest BCUT2D eigenvalue weighted by atomic mass is 10.0. The molecule has 1 aromatic heterocycles. The van der Waals surface area contributed by atoms with E-state index in [1.807, 2.05) is 13.8 Å². The van der Waals surface area contributed by atoms with Gasteiger partial charge in [0.15, 0.2) is 5.82 Å². The van der Waals surface area contributed by atoms with Gasteiger partial charge in [-0.05, 0) is 12.0 Å². The third-order valence-corrected chi connectivity index (χ3v) is 3.18. The van der Waals surface area contributed by atoms with E-state index in [-0.39, 0.29) is 23.8 Å². The van der Waals surface area contributed by atoms with Crippen molar-refractivity contribution in [1.82, 2.24) is 10.2 Å². The van der Waals surface area contributed by atoms with Crippen LogP contribution in [0.15, 0.2) is 18.2 Å². The number of aliphatic hydroxyl groups is 1. The fraction of sp³-hybridized carbons (Fsp3) is 0.385. The standard InChI is InChI=1S/C13H16N4O4/c1-7(2)11(18)6-12(19)14-13-9-5-8(17(20)21)3-4-10(9)15-16-13/h3-5,7,11,18H,6H2,1-2H3,(H2,14,15,16,19). The summed E-state index contributed by atoms with van der Waals surface area (Å²) in [7, 11) is 0. The maximum absolute atomic E-state index is 11.8. The molecule has 8 heteroatoms. The number of nitrogens with zero attached hydrogens (tertiary/aromatic N) is 2. The average molecular weight is 292 g/mol. The SMILES string of the molecule is CC(C)C(O)CC(=O)Nc1n[nH]c2ccc([N+](=O)[O-])cc12. The Morgan fingerprint density at radius 3 is 2.86 bits per heavy atom. The fourth-order valence-corrected chi connectivity index (χ4v) is 1.82. The minimum atomic E-state index is -0.746. The number of carbonyl (C=O) groups excluding carboxylic acids is 1. The molecule has 1 atom stereocenters. The number of rotatable bonds is 5. The molecule has 112 valence electrons. The van der Waals surface area contributed by atoms with Crippen molar-refractivity contribution in [1.29, 1.82) is 0 Å². The monoisotopic (exact) mass is 292 g/mol. The fourth-order valence-electron chi connectivity index (χ4n) is 1.82. The van der Waals surface area contributed by atoms with Crippen LogP contribution in [0.3, 0.4) is 0 Å². The molecule has 0 aliphatic carbocycles. The molecule has 1 aromatic carbocycles. The van der Waals surface area contributed by atoms with Crippen molar-refractivity contribution < 1.29 is 14.8 Å². The molecule has 2 rings (SSSR count). The Kier molecular flexibility index (Phi) is 4.18. The number of non-ortho nitro benzene ring substituents is 1. The molecular weight excluding hydrogens is 276 g/mol. The van der Waals surface area contributed by atoms with Crippen molar-refractivity contribution in [3.8, 4) is 0 Å². The first-order chi connectivity index (χ1) is 9.88. The van der Waals surface area contributed by atoms with Gasteiger partial charge >= 0.3 is 0 Å². The third-order valence-electron chi connectivity index (χ3n) is 3.18. The molecule has 0 fully saturated rings. The van der Waals surface area contributed by atoms with Crippen LogP contribution in [0, 0.1) is 16.0 Å². The second-order valence-corrected chi connectivity index (χ2v) is 5.12. The van der Waals surface area contributed by atoms with Gasteiger partial charge < -0.3 is 10.4 Å². The number of carbonyl (C=O) groups is 1. The highest BCUT2D eigenvalue weighted by Crippen LogP contribution is 2.25. The number of nitro groups is 1. The van der Waals surface area contributed by atoms with E-state index in [2.05, 4.69) is 15.5 Å². The van der Waals surface area contributed by atoms with E-state index in [0.29, 0.717) is 10.9 Å². The molecule has 1 unspecified atom stereocenters. The summed E-state index contributed by atoms with van der Waals surface area (Å²) in [5.41, 5.74) is 0.502. The number of hydrogen-bond acceptors (Lipinski definition) is 5. The van der Waals surface area contributed by atoms with Crippen molar-refractivity contribution >= 4 is 28.3 Å². The predicted molar refractivity (Wildman–Crippen MR) is 76.8 cm³/mol. The highest BCUT2D eigenvalue weighted by atomic mass is 16.6. The number of aliphatic hydroxyl groups excluding tert-OH is 1. The molecule has 0 aliphatic heterocycles. The van der Waals surface area contributed by atoms with Crippen LogP contribution in [-0.2, 0) is 4.79 Å². The molecule has 0 saturated heterocycles. The van der Waals surface area contributed by atoms with Gasteiger partial charge in [-0.2, -0.15) is 5.10 Å². The van der Waals surface area contributed by atoms with Crippen LogP contribution in [0.4, 0.5) is 11.5 Å². The van der Waals surface area contributed by atoms with Crippen molar-refractivity contribution in [3.63, 3.8) is 0 Å². The zero-order chi connectivity index (χ0) is 15.6. The Hall–Kier alpha value is -2.48. The van der Waals surface area contributed by atoms with E-state index < -0.39 is 16.9 Å². The summed E-state index contributed by atoms with van der Waals surface area (Å²) in [4.78, 5) is 22.1. The highest BCUT2D eigenvalue weighted by molar-refractivity contribution is 6.00. The van der Waals surface area contributed by atoms with Crippen molar-refractivity contribution in [2.24, 2.45) is 5.92 Å². The first kappa shape index (κ1) is 14.9. The molecule has 1 amide bonds. The number of anilines is 1. The van der Waals surface area contributed by atoms with E-state index in [9.17, 15) is 20.0 Å². The number of nitro benzene ring substituents is 1. The van der Waals surface area contributed by atoms with Gasteiger partial charge in [0.1, 0.15) is 0 Å². The number of amides is 1. The lowest BCUT2D eigenvalue weighted by molar-refractivity contribution is -0.384. The Morgan fingerprint density at radius 2 is 2.24 bits per heavy atom. The third kappa shape index (κ3) is 3.34. The van der Waals surface area contributed by atoms with Gasteiger partial charge in [0.2, 0.25) is 5.91 Å². The molecule has 0 aliphatic rings. The zero-order valence-electron chi connectivity index (χ0n) is 11.7. The van der Waals surface area contributed by atoms with Crippen LogP contribution in [0.1, 0.15) is 20.3 Å². The second kappa shape index (κ2) is 5.88. The van der Waals surface area contributed by atoms with Gasteiger partial charge in [0, 0.05) is 12.1 Å². The van der Waals surface area contributed by atoms with Crippen molar-refractivity contribution in [2.45, 2.75) is 26.4 Å².